The lowest BCUT2D eigenvalue weighted by molar-refractivity contribution is 0.0919. The van der Waals surface area contributed by atoms with Crippen LogP contribution in [-0.4, -0.2) is 15.7 Å². The second-order valence-electron chi connectivity index (χ2n) is 5.99. The van der Waals surface area contributed by atoms with Crippen LogP contribution in [0.1, 0.15) is 55.8 Å². The molecule has 1 atom stereocenters. The van der Waals surface area contributed by atoms with E-state index in [4.69, 9.17) is 11.6 Å². The molecule has 1 unspecified atom stereocenters. The van der Waals surface area contributed by atoms with E-state index in [1.54, 1.807) is 10.7 Å². The summed E-state index contributed by atoms with van der Waals surface area (Å²) in [5.41, 5.74) is 1.35. The Bertz CT molecular complexity index is 649. The molecule has 1 N–H and O–H groups in total. The van der Waals surface area contributed by atoms with Crippen LogP contribution >= 0.6 is 11.6 Å². The van der Waals surface area contributed by atoms with E-state index in [9.17, 15) is 4.79 Å². The van der Waals surface area contributed by atoms with Gasteiger partial charge >= 0.3 is 0 Å². The summed E-state index contributed by atoms with van der Waals surface area (Å²) in [6.07, 6.45) is 1.82. The molecule has 2 rings (SSSR count). The third-order valence-electron chi connectivity index (χ3n) is 3.56. The maximum absolute atomic E-state index is 12.5. The summed E-state index contributed by atoms with van der Waals surface area (Å²) in [7, 11) is 0. The van der Waals surface area contributed by atoms with Gasteiger partial charge in [0.05, 0.1) is 6.04 Å². The number of carbonyl (C=O) groups excluding carboxylic acids is 1. The molecule has 0 aliphatic carbocycles. The van der Waals surface area contributed by atoms with Crippen molar-refractivity contribution < 1.29 is 4.79 Å². The number of hydrogen-bond acceptors (Lipinski definition) is 2. The molecule has 0 aliphatic heterocycles. The summed E-state index contributed by atoms with van der Waals surface area (Å²) in [5, 5.41) is 8.01. The molecule has 118 valence electrons. The Morgan fingerprint density at radius 3 is 2.41 bits per heavy atom. The van der Waals surface area contributed by atoms with Crippen LogP contribution in [0.25, 0.3) is 0 Å². The highest BCUT2D eigenvalue weighted by Gasteiger charge is 2.22. The van der Waals surface area contributed by atoms with Crippen LogP contribution in [-0.2, 0) is 0 Å². The SMILES string of the molecule is CC(C)C(NC(=O)c1ccn(C(C)C)n1)c1ccccc1Cl. The molecule has 1 aromatic heterocycles. The molecule has 0 fully saturated rings. The van der Waals surface area contributed by atoms with Crippen molar-refractivity contribution in [3.63, 3.8) is 0 Å². The van der Waals surface area contributed by atoms with Gasteiger partial charge in [0.15, 0.2) is 0 Å². The van der Waals surface area contributed by atoms with Crippen LogP contribution in [0, 0.1) is 5.92 Å². The summed E-state index contributed by atoms with van der Waals surface area (Å²) in [5.74, 6) is 0.0362. The molecule has 0 saturated carbocycles. The number of amides is 1. The number of hydrogen-bond donors (Lipinski definition) is 1. The number of aromatic nitrogens is 2. The van der Waals surface area contributed by atoms with Crippen molar-refractivity contribution in [2.75, 3.05) is 0 Å². The van der Waals surface area contributed by atoms with Gasteiger partial charge in [-0.2, -0.15) is 5.10 Å². The quantitative estimate of drug-likeness (QED) is 0.895. The minimum Gasteiger partial charge on any atom is -0.344 e. The summed E-state index contributed by atoms with van der Waals surface area (Å²) in [4.78, 5) is 12.5. The van der Waals surface area contributed by atoms with Crippen LogP contribution in [0.4, 0.5) is 0 Å². The van der Waals surface area contributed by atoms with E-state index < -0.39 is 0 Å². The molecule has 0 saturated heterocycles. The topological polar surface area (TPSA) is 46.9 Å². The molecular weight excluding hydrogens is 298 g/mol. The Hall–Kier alpha value is -1.81. The van der Waals surface area contributed by atoms with E-state index in [0.29, 0.717) is 10.7 Å². The van der Waals surface area contributed by atoms with Crippen molar-refractivity contribution in [3.8, 4) is 0 Å². The van der Waals surface area contributed by atoms with Gasteiger partial charge in [-0.3, -0.25) is 9.48 Å². The summed E-state index contributed by atoms with van der Waals surface area (Å²) in [6, 6.07) is 9.41. The molecule has 0 aliphatic rings. The van der Waals surface area contributed by atoms with E-state index in [0.717, 1.165) is 5.56 Å². The fraction of sp³-hybridized carbons (Fsp3) is 0.412. The first-order chi connectivity index (χ1) is 10.4. The molecule has 1 amide bonds. The highest BCUT2D eigenvalue weighted by Crippen LogP contribution is 2.28. The maximum Gasteiger partial charge on any atom is 0.272 e. The molecule has 1 aromatic carbocycles. The number of nitrogens with zero attached hydrogens (tertiary/aromatic N) is 2. The van der Waals surface area contributed by atoms with Crippen LogP contribution in [0.15, 0.2) is 36.5 Å². The van der Waals surface area contributed by atoms with Crippen molar-refractivity contribution in [2.24, 2.45) is 5.92 Å². The summed E-state index contributed by atoms with van der Waals surface area (Å²) >= 11 is 6.27. The Morgan fingerprint density at radius 2 is 1.86 bits per heavy atom. The molecule has 2 aromatic rings. The van der Waals surface area contributed by atoms with Crippen molar-refractivity contribution in [2.45, 2.75) is 39.8 Å². The van der Waals surface area contributed by atoms with Gasteiger partial charge in [-0.05, 0) is 37.5 Å². The molecule has 0 spiro atoms. The Balaban J connectivity index is 2.21. The zero-order chi connectivity index (χ0) is 16.3. The molecule has 0 bridgehead atoms. The lowest BCUT2D eigenvalue weighted by Gasteiger charge is -2.23. The highest BCUT2D eigenvalue weighted by atomic mass is 35.5. The molecule has 5 heteroatoms. The van der Waals surface area contributed by atoms with Gasteiger partial charge < -0.3 is 5.32 Å². The first kappa shape index (κ1) is 16.6. The molecule has 4 nitrogen and oxygen atoms in total. The van der Waals surface area contributed by atoms with Crippen LogP contribution in [0.5, 0.6) is 0 Å². The van der Waals surface area contributed by atoms with Gasteiger partial charge in [-0.1, -0.05) is 43.6 Å². The minimum atomic E-state index is -0.182. The van der Waals surface area contributed by atoms with Gasteiger partial charge in [0.1, 0.15) is 5.69 Å². The normalized spacial score (nSPS) is 12.7. The van der Waals surface area contributed by atoms with Crippen molar-refractivity contribution in [1.29, 1.82) is 0 Å². The van der Waals surface area contributed by atoms with E-state index in [1.807, 2.05) is 44.3 Å². The molecular formula is C17H22ClN3O. The Morgan fingerprint density at radius 1 is 1.18 bits per heavy atom. The van der Waals surface area contributed by atoms with Gasteiger partial charge in [-0.25, -0.2) is 0 Å². The van der Waals surface area contributed by atoms with Crippen molar-refractivity contribution in [3.05, 3.63) is 52.8 Å². The number of rotatable bonds is 5. The first-order valence-electron chi connectivity index (χ1n) is 7.50. The minimum absolute atomic E-state index is 0.148. The van der Waals surface area contributed by atoms with E-state index in [1.165, 1.54) is 0 Å². The number of halogens is 1. The van der Waals surface area contributed by atoms with Gasteiger partial charge in [0.2, 0.25) is 0 Å². The second kappa shape index (κ2) is 6.97. The standard InChI is InChI=1S/C17H22ClN3O/c1-11(2)16(13-7-5-6-8-14(13)18)19-17(22)15-9-10-21(20-15)12(3)4/h5-12,16H,1-4H3,(H,19,22). The zero-order valence-corrected chi connectivity index (χ0v) is 14.1. The second-order valence-corrected chi connectivity index (χ2v) is 6.40. The van der Waals surface area contributed by atoms with Gasteiger partial charge in [0.25, 0.3) is 5.91 Å². The van der Waals surface area contributed by atoms with E-state index in [2.05, 4.69) is 24.3 Å². The average Bonchev–Trinajstić information content (AvgIpc) is 2.95. The monoisotopic (exact) mass is 319 g/mol. The highest BCUT2D eigenvalue weighted by molar-refractivity contribution is 6.31. The number of carbonyl (C=O) groups is 1. The van der Waals surface area contributed by atoms with Crippen molar-refractivity contribution >= 4 is 17.5 Å². The van der Waals surface area contributed by atoms with Crippen LogP contribution in [0.2, 0.25) is 5.02 Å². The van der Waals surface area contributed by atoms with Gasteiger partial charge in [-0.15, -0.1) is 0 Å². The predicted octanol–water partition coefficient (Wildman–Crippen LogP) is 4.24. The fourth-order valence-corrected chi connectivity index (χ4v) is 2.55. The summed E-state index contributed by atoms with van der Waals surface area (Å²) in [6.45, 7) is 8.16. The Kier molecular flexibility index (Phi) is 5.24. The molecule has 0 radical (unpaired) electrons. The zero-order valence-electron chi connectivity index (χ0n) is 13.4. The largest absolute Gasteiger partial charge is 0.344 e. The smallest absolute Gasteiger partial charge is 0.272 e. The number of nitrogens with one attached hydrogen (secondary N) is 1. The third kappa shape index (κ3) is 3.69. The van der Waals surface area contributed by atoms with Crippen LogP contribution in [0.3, 0.4) is 0 Å². The third-order valence-corrected chi connectivity index (χ3v) is 3.91. The van der Waals surface area contributed by atoms with Crippen molar-refractivity contribution in [1.82, 2.24) is 15.1 Å². The predicted molar refractivity (Wildman–Crippen MR) is 89.1 cm³/mol. The summed E-state index contributed by atoms with van der Waals surface area (Å²) < 4.78 is 1.77. The average molecular weight is 320 g/mol. The first-order valence-corrected chi connectivity index (χ1v) is 7.88. The number of benzene rings is 1. The van der Waals surface area contributed by atoms with E-state index >= 15 is 0 Å². The van der Waals surface area contributed by atoms with E-state index in [-0.39, 0.29) is 23.9 Å². The van der Waals surface area contributed by atoms with Gasteiger partial charge in [0, 0.05) is 17.3 Å². The maximum atomic E-state index is 12.5. The fourth-order valence-electron chi connectivity index (χ4n) is 2.29. The van der Waals surface area contributed by atoms with Crippen LogP contribution < -0.4 is 5.32 Å². The lowest BCUT2D eigenvalue weighted by atomic mass is 9.96. The molecule has 22 heavy (non-hydrogen) atoms. The Labute approximate surface area is 136 Å². The lowest BCUT2D eigenvalue weighted by Crippen LogP contribution is -2.32. The molecule has 1 heterocycles.